The Balaban J connectivity index is 2.07. The lowest BCUT2D eigenvalue weighted by molar-refractivity contribution is 0.199. The Bertz CT molecular complexity index is 587. The molecule has 0 amide bonds. The first kappa shape index (κ1) is 14.6. The molecule has 2 rings (SSSR count). The molecule has 1 N–H and O–H groups in total. The van der Waals surface area contributed by atoms with Gasteiger partial charge in [-0.05, 0) is 30.7 Å². The molecular weight excluding hydrogens is 278 g/mol. The van der Waals surface area contributed by atoms with E-state index in [1.165, 1.54) is 0 Å². The van der Waals surface area contributed by atoms with E-state index < -0.39 is 6.10 Å². The van der Waals surface area contributed by atoms with Crippen molar-refractivity contribution < 1.29 is 14.6 Å². The maximum absolute atomic E-state index is 9.48. The van der Waals surface area contributed by atoms with Gasteiger partial charge in [0.05, 0.1) is 23.9 Å². The Labute approximate surface area is 122 Å². The lowest BCUT2D eigenvalue weighted by Gasteiger charge is -2.11. The zero-order valence-corrected chi connectivity index (χ0v) is 12.1. The van der Waals surface area contributed by atoms with Gasteiger partial charge in [0, 0.05) is 6.07 Å². The molecule has 4 nitrogen and oxygen atoms in total. The summed E-state index contributed by atoms with van der Waals surface area (Å²) in [6.45, 7) is 1.98. The van der Waals surface area contributed by atoms with E-state index in [4.69, 9.17) is 21.1 Å². The number of ether oxygens (including phenoxy) is 2. The Kier molecular flexibility index (Phi) is 4.82. The monoisotopic (exact) mass is 293 g/mol. The van der Waals surface area contributed by atoms with Crippen LogP contribution in [0.2, 0.25) is 5.02 Å². The van der Waals surface area contributed by atoms with E-state index in [0.29, 0.717) is 23.3 Å². The minimum absolute atomic E-state index is 0.297. The summed E-state index contributed by atoms with van der Waals surface area (Å²) in [5, 5.41) is 9.95. The quantitative estimate of drug-likeness (QED) is 0.918. The molecule has 0 bridgehead atoms. The number of rotatable bonds is 5. The second kappa shape index (κ2) is 6.59. The van der Waals surface area contributed by atoms with Crippen LogP contribution in [0.1, 0.15) is 24.3 Å². The molecule has 0 spiro atoms. The van der Waals surface area contributed by atoms with Gasteiger partial charge in [0.1, 0.15) is 12.4 Å². The molecule has 1 unspecified atom stereocenters. The van der Waals surface area contributed by atoms with E-state index in [1.807, 2.05) is 12.1 Å². The van der Waals surface area contributed by atoms with Crippen molar-refractivity contribution in [3.05, 3.63) is 52.7 Å². The van der Waals surface area contributed by atoms with E-state index in [1.54, 1.807) is 38.3 Å². The zero-order chi connectivity index (χ0) is 14.5. The number of nitrogens with zero attached hydrogens (tertiary/aromatic N) is 1. The largest absolute Gasteiger partial charge is 0.486 e. The molecule has 1 aromatic carbocycles. The van der Waals surface area contributed by atoms with E-state index in [2.05, 4.69) is 4.98 Å². The molecule has 1 aromatic heterocycles. The van der Waals surface area contributed by atoms with Crippen LogP contribution >= 0.6 is 11.6 Å². The van der Waals surface area contributed by atoms with Gasteiger partial charge in [-0.15, -0.1) is 0 Å². The van der Waals surface area contributed by atoms with Crippen LogP contribution in [-0.2, 0) is 6.61 Å². The Morgan fingerprint density at radius 1 is 1.30 bits per heavy atom. The molecule has 0 aliphatic rings. The standard InChI is InChI=1S/C15H16ClNO3/c1-10(18)11-6-7-14(13(16)8-11)20-9-12-4-3-5-15(17-12)19-2/h3-8,10,18H,9H2,1-2H3. The van der Waals surface area contributed by atoms with Crippen molar-refractivity contribution >= 4 is 11.6 Å². The van der Waals surface area contributed by atoms with E-state index >= 15 is 0 Å². The van der Waals surface area contributed by atoms with Crippen LogP contribution < -0.4 is 9.47 Å². The summed E-state index contributed by atoms with van der Waals surface area (Å²) in [5.41, 5.74) is 1.50. The highest BCUT2D eigenvalue weighted by Crippen LogP contribution is 2.28. The lowest BCUT2D eigenvalue weighted by atomic mass is 10.1. The second-order valence-electron chi connectivity index (χ2n) is 4.33. The smallest absolute Gasteiger partial charge is 0.213 e. The summed E-state index contributed by atoms with van der Waals surface area (Å²) in [6.07, 6.45) is -0.554. The third-order valence-electron chi connectivity index (χ3n) is 2.80. The number of hydrogen-bond donors (Lipinski definition) is 1. The van der Waals surface area contributed by atoms with Crippen LogP contribution in [0.15, 0.2) is 36.4 Å². The molecule has 0 aliphatic carbocycles. The molecule has 1 heterocycles. The predicted octanol–water partition coefficient (Wildman–Crippen LogP) is 3.38. The molecule has 20 heavy (non-hydrogen) atoms. The molecule has 2 aromatic rings. The number of aliphatic hydroxyl groups is 1. The second-order valence-corrected chi connectivity index (χ2v) is 4.73. The highest BCUT2D eigenvalue weighted by Gasteiger charge is 2.07. The van der Waals surface area contributed by atoms with Gasteiger partial charge >= 0.3 is 0 Å². The molecule has 0 fully saturated rings. The summed E-state index contributed by atoms with van der Waals surface area (Å²) in [6, 6.07) is 10.7. The van der Waals surface area contributed by atoms with Gasteiger partial charge in [-0.2, -0.15) is 0 Å². The maximum atomic E-state index is 9.48. The van der Waals surface area contributed by atoms with Crippen molar-refractivity contribution in [2.75, 3.05) is 7.11 Å². The van der Waals surface area contributed by atoms with Crippen molar-refractivity contribution in [2.24, 2.45) is 0 Å². The number of pyridine rings is 1. The van der Waals surface area contributed by atoms with E-state index in [-0.39, 0.29) is 0 Å². The summed E-state index contributed by atoms with van der Waals surface area (Å²) >= 11 is 6.12. The number of benzene rings is 1. The lowest BCUT2D eigenvalue weighted by Crippen LogP contribution is -2.00. The van der Waals surface area contributed by atoms with Crippen LogP contribution in [0.25, 0.3) is 0 Å². The summed E-state index contributed by atoms with van der Waals surface area (Å²) in [5.74, 6) is 1.10. The summed E-state index contributed by atoms with van der Waals surface area (Å²) in [4.78, 5) is 4.25. The zero-order valence-electron chi connectivity index (χ0n) is 11.3. The summed E-state index contributed by atoms with van der Waals surface area (Å²) in [7, 11) is 1.57. The number of halogens is 1. The van der Waals surface area contributed by atoms with Gasteiger partial charge in [0.15, 0.2) is 0 Å². The Morgan fingerprint density at radius 3 is 2.75 bits per heavy atom. The number of aliphatic hydroxyl groups excluding tert-OH is 1. The van der Waals surface area contributed by atoms with E-state index in [9.17, 15) is 5.11 Å². The fourth-order valence-electron chi connectivity index (χ4n) is 1.70. The average molecular weight is 294 g/mol. The topological polar surface area (TPSA) is 51.6 Å². The van der Waals surface area contributed by atoms with Gasteiger partial charge < -0.3 is 14.6 Å². The first-order valence-electron chi connectivity index (χ1n) is 6.20. The molecule has 106 valence electrons. The van der Waals surface area contributed by atoms with Crippen molar-refractivity contribution in [2.45, 2.75) is 19.6 Å². The van der Waals surface area contributed by atoms with Crippen molar-refractivity contribution in [1.82, 2.24) is 4.98 Å². The molecular formula is C15H16ClNO3. The molecule has 5 heteroatoms. The first-order valence-corrected chi connectivity index (χ1v) is 6.58. The van der Waals surface area contributed by atoms with Crippen LogP contribution in [0.3, 0.4) is 0 Å². The SMILES string of the molecule is COc1cccc(COc2ccc(C(C)O)cc2Cl)n1. The normalized spacial score (nSPS) is 12.0. The summed E-state index contributed by atoms with van der Waals surface area (Å²) < 4.78 is 10.7. The number of aromatic nitrogens is 1. The van der Waals surface area contributed by atoms with Crippen molar-refractivity contribution in [3.8, 4) is 11.6 Å². The fourth-order valence-corrected chi connectivity index (χ4v) is 1.94. The van der Waals surface area contributed by atoms with Crippen LogP contribution in [0.5, 0.6) is 11.6 Å². The van der Waals surface area contributed by atoms with Gasteiger partial charge in [-0.25, -0.2) is 4.98 Å². The van der Waals surface area contributed by atoms with Crippen LogP contribution in [0.4, 0.5) is 0 Å². The third-order valence-corrected chi connectivity index (χ3v) is 3.10. The molecule has 0 saturated carbocycles. The maximum Gasteiger partial charge on any atom is 0.213 e. The number of methoxy groups -OCH3 is 1. The Morgan fingerprint density at radius 2 is 2.10 bits per heavy atom. The minimum Gasteiger partial charge on any atom is -0.486 e. The van der Waals surface area contributed by atoms with Crippen molar-refractivity contribution in [3.63, 3.8) is 0 Å². The molecule has 0 aliphatic heterocycles. The third kappa shape index (κ3) is 3.62. The van der Waals surface area contributed by atoms with Crippen LogP contribution in [0, 0.1) is 0 Å². The van der Waals surface area contributed by atoms with Crippen LogP contribution in [-0.4, -0.2) is 17.2 Å². The highest BCUT2D eigenvalue weighted by molar-refractivity contribution is 6.32. The molecule has 0 radical (unpaired) electrons. The van der Waals surface area contributed by atoms with Gasteiger partial charge in [-0.1, -0.05) is 23.7 Å². The first-order chi connectivity index (χ1) is 9.60. The Hall–Kier alpha value is -1.78. The van der Waals surface area contributed by atoms with Gasteiger partial charge in [0.25, 0.3) is 0 Å². The average Bonchev–Trinajstić information content (AvgIpc) is 2.46. The minimum atomic E-state index is -0.554. The fraction of sp³-hybridized carbons (Fsp3) is 0.267. The highest BCUT2D eigenvalue weighted by atomic mass is 35.5. The van der Waals surface area contributed by atoms with E-state index in [0.717, 1.165) is 11.3 Å². The molecule has 1 atom stereocenters. The van der Waals surface area contributed by atoms with Gasteiger partial charge in [-0.3, -0.25) is 0 Å². The number of hydrogen-bond acceptors (Lipinski definition) is 4. The van der Waals surface area contributed by atoms with Gasteiger partial charge in [0.2, 0.25) is 5.88 Å². The van der Waals surface area contributed by atoms with Crippen molar-refractivity contribution in [1.29, 1.82) is 0 Å². The predicted molar refractivity (Wildman–Crippen MR) is 77.2 cm³/mol. The molecule has 0 saturated heterocycles.